The zero-order chi connectivity index (χ0) is 11.1. The van der Waals surface area contributed by atoms with Crippen LogP contribution in [0.15, 0.2) is 0 Å². The molecule has 0 amide bonds. The zero-order valence-corrected chi connectivity index (χ0v) is 9.14. The van der Waals surface area contributed by atoms with E-state index in [-0.39, 0.29) is 0 Å². The van der Waals surface area contributed by atoms with Crippen molar-refractivity contribution in [1.82, 2.24) is 0 Å². The van der Waals surface area contributed by atoms with Gasteiger partial charge in [0.1, 0.15) is 18.3 Å². The molecule has 0 spiro atoms. The third-order valence-corrected chi connectivity index (χ3v) is 2.10. The molecular formula is C9H20O5. The predicted octanol–water partition coefficient (Wildman–Crippen LogP) is -0.595. The standard InChI is InChI=1S/C9H20O5/c1-6(10)8(11)9(14-4)7(13-3)5-12-2/h6-11H,5H2,1-4H3/t6?,7?,8?,9-/m1/s1. The van der Waals surface area contributed by atoms with E-state index < -0.39 is 24.4 Å². The van der Waals surface area contributed by atoms with E-state index in [0.29, 0.717) is 6.61 Å². The van der Waals surface area contributed by atoms with Gasteiger partial charge < -0.3 is 24.4 Å². The second-order valence-electron chi connectivity index (χ2n) is 3.16. The fraction of sp³-hybridized carbons (Fsp3) is 1.00. The molecule has 0 aromatic carbocycles. The zero-order valence-electron chi connectivity index (χ0n) is 9.14. The quantitative estimate of drug-likeness (QED) is 0.585. The molecule has 14 heavy (non-hydrogen) atoms. The van der Waals surface area contributed by atoms with Gasteiger partial charge in [0.15, 0.2) is 0 Å². The number of aliphatic hydroxyl groups is 2. The maximum atomic E-state index is 9.60. The molecule has 5 heteroatoms. The molecule has 4 atom stereocenters. The second-order valence-corrected chi connectivity index (χ2v) is 3.16. The van der Waals surface area contributed by atoms with Gasteiger partial charge in [0.2, 0.25) is 0 Å². The van der Waals surface area contributed by atoms with Crippen LogP contribution in [0.3, 0.4) is 0 Å². The summed E-state index contributed by atoms with van der Waals surface area (Å²) in [5, 5.41) is 18.8. The molecule has 0 saturated carbocycles. The molecule has 0 aromatic rings. The summed E-state index contributed by atoms with van der Waals surface area (Å²) in [5.41, 5.74) is 0. The fourth-order valence-corrected chi connectivity index (χ4v) is 1.25. The summed E-state index contributed by atoms with van der Waals surface area (Å²) in [4.78, 5) is 0. The number of ether oxygens (including phenoxy) is 3. The van der Waals surface area contributed by atoms with Crippen LogP contribution in [0.1, 0.15) is 6.92 Å². The number of aliphatic hydroxyl groups excluding tert-OH is 2. The van der Waals surface area contributed by atoms with Crippen LogP contribution in [0.4, 0.5) is 0 Å². The molecule has 3 unspecified atom stereocenters. The highest BCUT2D eigenvalue weighted by Crippen LogP contribution is 2.11. The van der Waals surface area contributed by atoms with Crippen molar-refractivity contribution in [2.45, 2.75) is 31.3 Å². The molecular weight excluding hydrogens is 188 g/mol. The molecule has 0 aliphatic heterocycles. The number of hydrogen-bond donors (Lipinski definition) is 2. The monoisotopic (exact) mass is 208 g/mol. The van der Waals surface area contributed by atoms with Crippen LogP contribution in [0.2, 0.25) is 0 Å². The van der Waals surface area contributed by atoms with Gasteiger partial charge in [-0.25, -0.2) is 0 Å². The Morgan fingerprint density at radius 2 is 1.64 bits per heavy atom. The van der Waals surface area contributed by atoms with Gasteiger partial charge in [0, 0.05) is 21.3 Å². The van der Waals surface area contributed by atoms with Crippen molar-refractivity contribution in [3.63, 3.8) is 0 Å². The molecule has 0 saturated heterocycles. The SMILES string of the molecule is COCC(OC)[C@@H](OC)C(O)C(C)O. The number of rotatable bonds is 7. The van der Waals surface area contributed by atoms with Gasteiger partial charge in [-0.1, -0.05) is 0 Å². The Labute approximate surface area is 84.6 Å². The highest BCUT2D eigenvalue weighted by molar-refractivity contribution is 4.81. The molecule has 0 aliphatic carbocycles. The van der Waals surface area contributed by atoms with E-state index in [1.54, 1.807) is 0 Å². The number of hydrogen-bond acceptors (Lipinski definition) is 5. The van der Waals surface area contributed by atoms with Gasteiger partial charge in [0.05, 0.1) is 12.7 Å². The van der Waals surface area contributed by atoms with Gasteiger partial charge in [-0.15, -0.1) is 0 Å². The average Bonchev–Trinajstić information content (AvgIpc) is 2.17. The van der Waals surface area contributed by atoms with Crippen LogP contribution in [0, 0.1) is 0 Å². The maximum Gasteiger partial charge on any atom is 0.114 e. The lowest BCUT2D eigenvalue weighted by atomic mass is 10.0. The van der Waals surface area contributed by atoms with E-state index in [4.69, 9.17) is 14.2 Å². The van der Waals surface area contributed by atoms with Crippen molar-refractivity contribution >= 4 is 0 Å². The molecule has 0 fully saturated rings. The van der Waals surface area contributed by atoms with E-state index in [0.717, 1.165) is 0 Å². The smallest absolute Gasteiger partial charge is 0.114 e. The Balaban J connectivity index is 4.33. The van der Waals surface area contributed by atoms with Crippen molar-refractivity contribution in [2.75, 3.05) is 27.9 Å². The van der Waals surface area contributed by atoms with Crippen molar-refractivity contribution in [2.24, 2.45) is 0 Å². The first kappa shape index (κ1) is 13.8. The summed E-state index contributed by atoms with van der Waals surface area (Å²) in [6.07, 6.45) is -2.84. The lowest BCUT2D eigenvalue weighted by Gasteiger charge is -2.29. The lowest BCUT2D eigenvalue weighted by molar-refractivity contribution is -0.139. The molecule has 0 radical (unpaired) electrons. The minimum absolute atomic E-state index is 0.304. The van der Waals surface area contributed by atoms with Crippen molar-refractivity contribution < 1.29 is 24.4 Å². The minimum atomic E-state index is -0.986. The normalized spacial score (nSPS) is 20.1. The summed E-state index contributed by atoms with van der Waals surface area (Å²) >= 11 is 0. The van der Waals surface area contributed by atoms with Gasteiger partial charge in [0.25, 0.3) is 0 Å². The summed E-state index contributed by atoms with van der Waals surface area (Å²) < 4.78 is 15.1. The molecule has 0 aromatic heterocycles. The molecule has 86 valence electrons. The predicted molar refractivity (Wildman–Crippen MR) is 51.2 cm³/mol. The van der Waals surface area contributed by atoms with Crippen molar-refractivity contribution in [1.29, 1.82) is 0 Å². The van der Waals surface area contributed by atoms with E-state index in [1.807, 2.05) is 0 Å². The Hall–Kier alpha value is -0.200. The van der Waals surface area contributed by atoms with Crippen LogP contribution in [0.5, 0.6) is 0 Å². The molecule has 0 aliphatic rings. The van der Waals surface area contributed by atoms with Gasteiger partial charge >= 0.3 is 0 Å². The van der Waals surface area contributed by atoms with Gasteiger partial charge in [-0.3, -0.25) is 0 Å². The van der Waals surface area contributed by atoms with E-state index >= 15 is 0 Å². The first-order valence-corrected chi connectivity index (χ1v) is 4.49. The Morgan fingerprint density at radius 3 is 1.93 bits per heavy atom. The fourth-order valence-electron chi connectivity index (χ4n) is 1.25. The topological polar surface area (TPSA) is 68.2 Å². The van der Waals surface area contributed by atoms with E-state index in [2.05, 4.69) is 0 Å². The highest BCUT2D eigenvalue weighted by Gasteiger charge is 2.31. The second kappa shape index (κ2) is 7.14. The summed E-state index contributed by atoms with van der Waals surface area (Å²) in [6, 6.07) is 0. The highest BCUT2D eigenvalue weighted by atomic mass is 16.6. The largest absolute Gasteiger partial charge is 0.391 e. The van der Waals surface area contributed by atoms with Gasteiger partial charge in [-0.05, 0) is 6.92 Å². The van der Waals surface area contributed by atoms with Crippen molar-refractivity contribution in [3.8, 4) is 0 Å². The van der Waals surface area contributed by atoms with E-state index in [1.165, 1.54) is 28.3 Å². The Kier molecular flexibility index (Phi) is 7.04. The van der Waals surface area contributed by atoms with Gasteiger partial charge in [-0.2, -0.15) is 0 Å². The Bertz CT molecular complexity index is 139. The summed E-state index contributed by atoms with van der Waals surface area (Å²) in [6.45, 7) is 1.80. The molecule has 5 nitrogen and oxygen atoms in total. The van der Waals surface area contributed by atoms with Crippen molar-refractivity contribution in [3.05, 3.63) is 0 Å². The summed E-state index contributed by atoms with van der Waals surface area (Å²) in [7, 11) is 4.50. The van der Waals surface area contributed by atoms with Crippen LogP contribution >= 0.6 is 0 Å². The summed E-state index contributed by atoms with van der Waals surface area (Å²) in [5.74, 6) is 0. The van der Waals surface area contributed by atoms with Crippen LogP contribution < -0.4 is 0 Å². The van der Waals surface area contributed by atoms with Crippen LogP contribution in [0.25, 0.3) is 0 Å². The first-order chi connectivity index (χ1) is 6.58. The van der Waals surface area contributed by atoms with Crippen LogP contribution in [-0.2, 0) is 14.2 Å². The minimum Gasteiger partial charge on any atom is -0.391 e. The maximum absolute atomic E-state index is 9.60. The Morgan fingerprint density at radius 1 is 1.07 bits per heavy atom. The molecule has 0 heterocycles. The molecule has 0 bridgehead atoms. The van der Waals surface area contributed by atoms with E-state index in [9.17, 15) is 10.2 Å². The third-order valence-electron chi connectivity index (χ3n) is 2.10. The van der Waals surface area contributed by atoms with Crippen LogP contribution in [-0.4, -0.2) is 62.6 Å². The lowest BCUT2D eigenvalue weighted by Crippen LogP contribution is -2.47. The average molecular weight is 208 g/mol. The first-order valence-electron chi connectivity index (χ1n) is 4.49. The molecule has 2 N–H and O–H groups in total. The number of methoxy groups -OCH3 is 3. The molecule has 0 rings (SSSR count). The third kappa shape index (κ3) is 3.89.